The zero-order chi connectivity index (χ0) is 13.1. The summed E-state index contributed by atoms with van der Waals surface area (Å²) in [7, 11) is 3.47. The van der Waals surface area contributed by atoms with Gasteiger partial charge in [0.1, 0.15) is 13.2 Å². The summed E-state index contributed by atoms with van der Waals surface area (Å²) in [4.78, 5) is 15.9. The van der Waals surface area contributed by atoms with Gasteiger partial charge in [-0.05, 0) is 6.42 Å². The molecule has 0 saturated heterocycles. The fourth-order valence-corrected chi connectivity index (χ4v) is 1.73. The molecule has 0 heterocycles. The van der Waals surface area contributed by atoms with Gasteiger partial charge < -0.3 is 9.90 Å². The van der Waals surface area contributed by atoms with Crippen molar-refractivity contribution < 1.29 is 19.4 Å². The Morgan fingerprint density at radius 1 is 1.06 bits per heavy atom. The van der Waals surface area contributed by atoms with Crippen LogP contribution in [0.4, 0.5) is 0 Å². The second-order valence-electron chi connectivity index (χ2n) is 5.06. The van der Waals surface area contributed by atoms with Crippen molar-refractivity contribution in [2.24, 2.45) is 0 Å². The smallest absolute Gasteiger partial charge is 0.148 e. The van der Waals surface area contributed by atoms with E-state index in [1.54, 1.807) is 14.1 Å². The molecule has 0 spiro atoms. The lowest BCUT2D eigenvalue weighted by Gasteiger charge is -2.27. The molecule has 0 rings (SSSR count). The van der Waals surface area contributed by atoms with Crippen molar-refractivity contribution in [1.82, 2.24) is 0 Å². The minimum Gasteiger partial charge on any atom is -0.544 e. The van der Waals surface area contributed by atoms with Gasteiger partial charge in [-0.2, -0.15) is 4.65 Å². The van der Waals surface area contributed by atoms with Gasteiger partial charge in [-0.3, -0.25) is 0 Å². The maximum absolute atomic E-state index is 10.4. The summed E-state index contributed by atoms with van der Waals surface area (Å²) in [5.41, 5.74) is 0. The number of rotatable bonds is 11. The number of hydrogen-bond acceptors (Lipinski definition) is 3. The topological polar surface area (TPSA) is 49.4 Å². The van der Waals surface area contributed by atoms with Gasteiger partial charge in [0.05, 0.1) is 20.1 Å². The van der Waals surface area contributed by atoms with Crippen molar-refractivity contribution in [3.8, 4) is 0 Å². The van der Waals surface area contributed by atoms with Gasteiger partial charge in [-0.15, -0.1) is 0 Å². The molecule has 0 bridgehead atoms. The molecule has 0 aliphatic heterocycles. The molecule has 0 unspecified atom stereocenters. The molecule has 0 radical (unpaired) electrons. The summed E-state index contributed by atoms with van der Waals surface area (Å²) in [6, 6.07) is 0. The third kappa shape index (κ3) is 11.6. The molecule has 0 aromatic rings. The molecule has 0 atom stereocenters. The number of carbonyl (C=O) groups excluding carboxylic acids is 1. The molecular weight excluding hydrogens is 218 g/mol. The van der Waals surface area contributed by atoms with Crippen LogP contribution in [0, 0.1) is 0 Å². The zero-order valence-corrected chi connectivity index (χ0v) is 11.5. The van der Waals surface area contributed by atoms with E-state index in [0.717, 1.165) is 12.8 Å². The average molecular weight is 245 g/mol. The molecule has 0 saturated carbocycles. The molecule has 4 nitrogen and oxygen atoms in total. The quantitative estimate of drug-likeness (QED) is 0.315. The molecule has 0 N–H and O–H groups in total. The summed E-state index contributed by atoms with van der Waals surface area (Å²) in [5, 5.41) is 10.4. The van der Waals surface area contributed by atoms with Gasteiger partial charge in [0.25, 0.3) is 0 Å². The standard InChI is InChI=1S/C13H27NO3/c1-4-5-6-7-8-9-10-11-17-14(2,3)12-13(15)16/h4-12H2,1-3H3. The van der Waals surface area contributed by atoms with Crippen LogP contribution >= 0.6 is 0 Å². The number of carboxylic acids is 1. The van der Waals surface area contributed by atoms with Gasteiger partial charge in [0, 0.05) is 0 Å². The Morgan fingerprint density at radius 3 is 2.12 bits per heavy atom. The van der Waals surface area contributed by atoms with E-state index < -0.39 is 5.97 Å². The second-order valence-corrected chi connectivity index (χ2v) is 5.06. The Labute approximate surface area is 105 Å². The average Bonchev–Trinajstić information content (AvgIpc) is 2.20. The number of hydrogen-bond donors (Lipinski definition) is 0. The van der Waals surface area contributed by atoms with Crippen LogP contribution in [0.3, 0.4) is 0 Å². The van der Waals surface area contributed by atoms with Crippen LogP contribution in [-0.2, 0) is 9.63 Å². The normalized spacial score (nSPS) is 11.7. The minimum absolute atomic E-state index is 0.0398. The van der Waals surface area contributed by atoms with Crippen LogP contribution in [0.1, 0.15) is 51.9 Å². The molecular formula is C13H27NO3. The van der Waals surface area contributed by atoms with Crippen molar-refractivity contribution >= 4 is 5.97 Å². The number of hydroxylamine groups is 3. The molecule has 0 aromatic carbocycles. The van der Waals surface area contributed by atoms with Crippen LogP contribution in [0.15, 0.2) is 0 Å². The lowest BCUT2D eigenvalue weighted by Crippen LogP contribution is -2.48. The number of unbranched alkanes of at least 4 members (excludes halogenated alkanes) is 6. The number of nitrogens with zero attached hydrogens (tertiary/aromatic N) is 1. The Morgan fingerprint density at radius 2 is 1.59 bits per heavy atom. The first-order valence-electron chi connectivity index (χ1n) is 6.65. The summed E-state index contributed by atoms with van der Waals surface area (Å²) >= 11 is 0. The molecule has 0 aliphatic carbocycles. The van der Waals surface area contributed by atoms with Crippen LogP contribution < -0.4 is 5.11 Å². The van der Waals surface area contributed by atoms with Crippen LogP contribution in [0.25, 0.3) is 0 Å². The molecule has 4 heteroatoms. The number of carbonyl (C=O) groups is 1. The highest BCUT2D eigenvalue weighted by Crippen LogP contribution is 2.08. The number of likely N-dealkylation sites (N-methyl/N-ethyl adjacent to an activating group) is 1. The number of carboxylic acid groups (broad SMARTS) is 1. The zero-order valence-electron chi connectivity index (χ0n) is 11.5. The van der Waals surface area contributed by atoms with Gasteiger partial charge in [0.2, 0.25) is 0 Å². The van der Waals surface area contributed by atoms with Crippen LogP contribution in [-0.4, -0.2) is 37.9 Å². The van der Waals surface area contributed by atoms with Crippen molar-refractivity contribution in [1.29, 1.82) is 0 Å². The number of quaternary nitrogens is 1. The molecule has 0 fully saturated rings. The predicted molar refractivity (Wildman–Crippen MR) is 65.9 cm³/mol. The summed E-state index contributed by atoms with van der Waals surface area (Å²) in [6.07, 6.45) is 8.63. The second kappa shape index (κ2) is 9.42. The summed E-state index contributed by atoms with van der Waals surface area (Å²) < 4.78 is 0.0398. The third-order valence-electron chi connectivity index (χ3n) is 2.70. The van der Waals surface area contributed by atoms with Crippen molar-refractivity contribution in [3.63, 3.8) is 0 Å². The van der Waals surface area contributed by atoms with E-state index in [9.17, 15) is 9.90 Å². The maximum Gasteiger partial charge on any atom is 0.148 e. The fraction of sp³-hybridized carbons (Fsp3) is 0.923. The Bertz CT molecular complexity index is 205. The van der Waals surface area contributed by atoms with Crippen LogP contribution in [0.5, 0.6) is 0 Å². The Balaban J connectivity index is 3.35. The van der Waals surface area contributed by atoms with E-state index in [1.165, 1.54) is 32.1 Å². The highest BCUT2D eigenvalue weighted by atomic mass is 16.7. The van der Waals surface area contributed by atoms with Crippen LogP contribution in [0.2, 0.25) is 0 Å². The summed E-state index contributed by atoms with van der Waals surface area (Å²) in [6.45, 7) is 2.73. The van der Waals surface area contributed by atoms with E-state index in [0.29, 0.717) is 6.61 Å². The SMILES string of the molecule is CCCCCCCCCO[N+](C)(C)CC(=O)[O-]. The number of aliphatic carboxylic acids is 1. The van der Waals surface area contributed by atoms with Gasteiger partial charge in [-0.1, -0.05) is 45.4 Å². The van der Waals surface area contributed by atoms with E-state index >= 15 is 0 Å². The molecule has 0 amide bonds. The highest BCUT2D eigenvalue weighted by molar-refractivity contribution is 5.65. The highest BCUT2D eigenvalue weighted by Gasteiger charge is 2.16. The Kier molecular flexibility index (Phi) is 9.09. The predicted octanol–water partition coefficient (Wildman–Crippen LogP) is 1.49. The van der Waals surface area contributed by atoms with Gasteiger partial charge >= 0.3 is 0 Å². The van der Waals surface area contributed by atoms with E-state index in [4.69, 9.17) is 4.84 Å². The molecule has 0 aliphatic rings. The first kappa shape index (κ1) is 16.4. The van der Waals surface area contributed by atoms with E-state index in [1.807, 2.05) is 0 Å². The third-order valence-corrected chi connectivity index (χ3v) is 2.70. The van der Waals surface area contributed by atoms with Crippen molar-refractivity contribution in [2.45, 2.75) is 51.9 Å². The largest absolute Gasteiger partial charge is 0.544 e. The monoisotopic (exact) mass is 245 g/mol. The minimum atomic E-state index is -1.07. The first-order valence-corrected chi connectivity index (χ1v) is 6.65. The summed E-state index contributed by atoms with van der Waals surface area (Å²) in [5.74, 6) is -1.07. The van der Waals surface area contributed by atoms with Gasteiger partial charge in [0.15, 0.2) is 0 Å². The van der Waals surface area contributed by atoms with E-state index in [2.05, 4.69) is 6.92 Å². The molecule has 0 aromatic heterocycles. The van der Waals surface area contributed by atoms with Crippen molar-refractivity contribution in [2.75, 3.05) is 27.2 Å². The van der Waals surface area contributed by atoms with E-state index in [-0.39, 0.29) is 11.2 Å². The maximum atomic E-state index is 10.4. The molecule has 17 heavy (non-hydrogen) atoms. The first-order chi connectivity index (χ1) is 7.98. The fourth-order valence-electron chi connectivity index (χ4n) is 1.73. The Hall–Kier alpha value is -0.610. The van der Waals surface area contributed by atoms with Gasteiger partial charge in [-0.25, -0.2) is 4.84 Å². The lowest BCUT2D eigenvalue weighted by atomic mass is 10.1. The molecule has 102 valence electrons. The lowest BCUT2D eigenvalue weighted by molar-refractivity contribution is -1.07. The van der Waals surface area contributed by atoms with Crippen molar-refractivity contribution in [3.05, 3.63) is 0 Å².